The van der Waals surface area contributed by atoms with Gasteiger partial charge in [0.25, 0.3) is 0 Å². The van der Waals surface area contributed by atoms with Gasteiger partial charge in [0.05, 0.1) is 0 Å². The van der Waals surface area contributed by atoms with Crippen LogP contribution < -0.4 is 10.6 Å². The highest BCUT2D eigenvalue weighted by Gasteiger charge is 2.26. The second kappa shape index (κ2) is 4.88. The number of hydrogen-bond acceptors (Lipinski definition) is 2. The molecule has 0 saturated carbocycles. The van der Waals surface area contributed by atoms with E-state index in [9.17, 15) is 0 Å². The van der Waals surface area contributed by atoms with Crippen molar-refractivity contribution in [2.24, 2.45) is 5.73 Å². The molecule has 0 fully saturated rings. The first-order valence-electron chi connectivity index (χ1n) is 6.35. The third kappa shape index (κ3) is 1.94. The lowest BCUT2D eigenvalue weighted by atomic mass is 10.0. The summed E-state index contributed by atoms with van der Waals surface area (Å²) in [6.07, 6.45) is 3.39. The quantitative estimate of drug-likeness (QED) is 0.840. The third-order valence-electron chi connectivity index (χ3n) is 3.53. The molecule has 1 aromatic rings. The van der Waals surface area contributed by atoms with Gasteiger partial charge in [0.2, 0.25) is 0 Å². The van der Waals surface area contributed by atoms with E-state index in [0.717, 1.165) is 25.9 Å². The summed E-state index contributed by atoms with van der Waals surface area (Å²) in [5, 5.41) is 0. The standard InChI is InChI=1S/C14H22N2/c1-3-16-11(2)10-13-7-4-6-12(14(13)16)8-5-9-15/h4,6-7,11H,3,5,8-10,15H2,1-2H3. The van der Waals surface area contributed by atoms with Crippen molar-refractivity contribution in [2.45, 2.75) is 39.2 Å². The lowest BCUT2D eigenvalue weighted by Crippen LogP contribution is -2.29. The summed E-state index contributed by atoms with van der Waals surface area (Å²) in [4.78, 5) is 2.53. The van der Waals surface area contributed by atoms with Crippen molar-refractivity contribution in [3.8, 4) is 0 Å². The SMILES string of the molecule is CCN1c2c(CCCN)cccc2CC1C. The fourth-order valence-corrected chi connectivity index (χ4v) is 2.79. The van der Waals surface area contributed by atoms with E-state index in [1.165, 1.54) is 23.2 Å². The molecule has 0 bridgehead atoms. The Balaban J connectivity index is 2.31. The molecule has 0 amide bonds. The topological polar surface area (TPSA) is 29.3 Å². The van der Waals surface area contributed by atoms with Crippen molar-refractivity contribution in [1.82, 2.24) is 0 Å². The first kappa shape index (κ1) is 11.5. The first-order valence-corrected chi connectivity index (χ1v) is 6.35. The maximum Gasteiger partial charge on any atom is 0.0434 e. The smallest absolute Gasteiger partial charge is 0.0434 e. The average molecular weight is 218 g/mol. The van der Waals surface area contributed by atoms with E-state index in [1.54, 1.807) is 0 Å². The van der Waals surface area contributed by atoms with Crippen LogP contribution in [-0.2, 0) is 12.8 Å². The fraction of sp³-hybridized carbons (Fsp3) is 0.571. The minimum atomic E-state index is 0.652. The first-order chi connectivity index (χ1) is 7.77. The number of benzene rings is 1. The monoisotopic (exact) mass is 218 g/mol. The van der Waals surface area contributed by atoms with Crippen molar-refractivity contribution in [2.75, 3.05) is 18.0 Å². The van der Waals surface area contributed by atoms with E-state index in [-0.39, 0.29) is 0 Å². The van der Waals surface area contributed by atoms with Crippen LogP contribution in [0.3, 0.4) is 0 Å². The third-order valence-corrected chi connectivity index (χ3v) is 3.53. The van der Waals surface area contributed by atoms with Crippen molar-refractivity contribution in [3.63, 3.8) is 0 Å². The van der Waals surface area contributed by atoms with Crippen molar-refractivity contribution in [1.29, 1.82) is 0 Å². The van der Waals surface area contributed by atoms with Crippen LogP contribution in [0.5, 0.6) is 0 Å². The molecule has 0 spiro atoms. The summed E-state index contributed by atoms with van der Waals surface area (Å²) in [7, 11) is 0. The maximum absolute atomic E-state index is 5.60. The van der Waals surface area contributed by atoms with Crippen LogP contribution in [0.15, 0.2) is 18.2 Å². The Bertz CT molecular complexity index is 360. The van der Waals surface area contributed by atoms with E-state index in [0.29, 0.717) is 6.04 Å². The van der Waals surface area contributed by atoms with Crippen molar-refractivity contribution < 1.29 is 0 Å². The summed E-state index contributed by atoms with van der Waals surface area (Å²) in [5.41, 5.74) is 10.1. The molecule has 1 heterocycles. The highest BCUT2D eigenvalue weighted by Crippen LogP contribution is 2.35. The number of aryl methyl sites for hydroxylation is 1. The molecule has 0 saturated heterocycles. The van der Waals surface area contributed by atoms with Crippen LogP contribution in [0.25, 0.3) is 0 Å². The molecular weight excluding hydrogens is 196 g/mol. The molecule has 2 heteroatoms. The summed E-state index contributed by atoms with van der Waals surface area (Å²) < 4.78 is 0. The molecule has 1 aliphatic heterocycles. The number of fused-ring (bicyclic) bond motifs is 1. The molecular formula is C14H22N2. The van der Waals surface area contributed by atoms with Gasteiger partial charge in [-0.1, -0.05) is 18.2 Å². The number of para-hydroxylation sites is 1. The predicted molar refractivity (Wildman–Crippen MR) is 70.0 cm³/mol. The lowest BCUT2D eigenvalue weighted by Gasteiger charge is -2.25. The Morgan fingerprint density at radius 1 is 1.44 bits per heavy atom. The molecule has 0 aromatic heterocycles. The Morgan fingerprint density at radius 3 is 2.94 bits per heavy atom. The van der Waals surface area contributed by atoms with E-state index < -0.39 is 0 Å². The highest BCUT2D eigenvalue weighted by molar-refractivity contribution is 5.64. The number of nitrogens with zero attached hydrogens (tertiary/aromatic N) is 1. The Labute approximate surface area is 98.4 Å². The minimum Gasteiger partial charge on any atom is -0.368 e. The number of rotatable bonds is 4. The molecule has 0 aliphatic carbocycles. The van der Waals surface area contributed by atoms with E-state index in [1.807, 2.05) is 0 Å². The Hall–Kier alpha value is -1.02. The molecule has 1 aliphatic rings. The van der Waals surface area contributed by atoms with Crippen LogP contribution in [0.2, 0.25) is 0 Å². The predicted octanol–water partition coefficient (Wildman–Crippen LogP) is 2.35. The van der Waals surface area contributed by atoms with Gasteiger partial charge in [-0.25, -0.2) is 0 Å². The zero-order valence-electron chi connectivity index (χ0n) is 10.4. The van der Waals surface area contributed by atoms with Gasteiger partial charge in [-0.15, -0.1) is 0 Å². The van der Waals surface area contributed by atoms with Gasteiger partial charge < -0.3 is 10.6 Å². The normalized spacial score (nSPS) is 18.9. The maximum atomic E-state index is 5.60. The average Bonchev–Trinajstić information content (AvgIpc) is 2.62. The number of likely N-dealkylation sites (N-methyl/N-ethyl adjacent to an activating group) is 1. The second-order valence-corrected chi connectivity index (χ2v) is 4.66. The molecule has 88 valence electrons. The zero-order valence-corrected chi connectivity index (χ0v) is 10.4. The minimum absolute atomic E-state index is 0.652. The molecule has 2 N–H and O–H groups in total. The molecule has 16 heavy (non-hydrogen) atoms. The van der Waals surface area contributed by atoms with E-state index in [4.69, 9.17) is 5.73 Å². The van der Waals surface area contributed by atoms with Crippen LogP contribution in [-0.4, -0.2) is 19.1 Å². The largest absolute Gasteiger partial charge is 0.368 e. The van der Waals surface area contributed by atoms with E-state index >= 15 is 0 Å². The zero-order chi connectivity index (χ0) is 11.5. The molecule has 1 atom stereocenters. The summed E-state index contributed by atoms with van der Waals surface area (Å²) in [6, 6.07) is 7.37. The van der Waals surface area contributed by atoms with Gasteiger partial charge in [0, 0.05) is 18.3 Å². The van der Waals surface area contributed by atoms with Crippen LogP contribution in [0.4, 0.5) is 5.69 Å². The number of anilines is 1. The summed E-state index contributed by atoms with van der Waals surface area (Å²) in [6.45, 7) is 6.45. The van der Waals surface area contributed by atoms with Crippen LogP contribution in [0, 0.1) is 0 Å². The van der Waals surface area contributed by atoms with Gasteiger partial charge in [-0.2, -0.15) is 0 Å². The Morgan fingerprint density at radius 2 is 2.25 bits per heavy atom. The number of nitrogens with two attached hydrogens (primary N) is 1. The van der Waals surface area contributed by atoms with Crippen molar-refractivity contribution >= 4 is 5.69 Å². The summed E-state index contributed by atoms with van der Waals surface area (Å²) >= 11 is 0. The molecule has 1 aromatic carbocycles. The molecule has 0 radical (unpaired) electrons. The number of hydrogen-bond donors (Lipinski definition) is 1. The van der Waals surface area contributed by atoms with Gasteiger partial charge in [0.1, 0.15) is 0 Å². The Kier molecular flexibility index (Phi) is 3.49. The second-order valence-electron chi connectivity index (χ2n) is 4.66. The molecule has 2 rings (SSSR count). The molecule has 2 nitrogen and oxygen atoms in total. The fourth-order valence-electron chi connectivity index (χ4n) is 2.79. The van der Waals surface area contributed by atoms with Gasteiger partial charge >= 0.3 is 0 Å². The van der Waals surface area contributed by atoms with Gasteiger partial charge in [-0.05, 0) is 50.8 Å². The lowest BCUT2D eigenvalue weighted by molar-refractivity contribution is 0.687. The van der Waals surface area contributed by atoms with Crippen LogP contribution >= 0.6 is 0 Å². The van der Waals surface area contributed by atoms with Gasteiger partial charge in [0.15, 0.2) is 0 Å². The van der Waals surface area contributed by atoms with Crippen molar-refractivity contribution in [3.05, 3.63) is 29.3 Å². The van der Waals surface area contributed by atoms with E-state index in [2.05, 4.69) is 36.9 Å². The van der Waals surface area contributed by atoms with Gasteiger partial charge in [-0.3, -0.25) is 0 Å². The molecule has 1 unspecified atom stereocenters. The highest BCUT2D eigenvalue weighted by atomic mass is 15.2. The van der Waals surface area contributed by atoms with Crippen LogP contribution in [0.1, 0.15) is 31.4 Å². The summed E-state index contributed by atoms with van der Waals surface area (Å²) in [5.74, 6) is 0.